The first kappa shape index (κ1) is 12.6. The van der Waals surface area contributed by atoms with Gasteiger partial charge in [0.15, 0.2) is 5.15 Å². The van der Waals surface area contributed by atoms with Gasteiger partial charge in [0.2, 0.25) is 0 Å². The van der Waals surface area contributed by atoms with Gasteiger partial charge in [-0.05, 0) is 11.5 Å². The first-order valence-electron chi connectivity index (χ1n) is 5.51. The van der Waals surface area contributed by atoms with Crippen molar-refractivity contribution in [2.45, 2.75) is 0 Å². The molecule has 1 aliphatic rings. The molecule has 0 bridgehead atoms. The highest BCUT2D eigenvalue weighted by atomic mass is 35.5. The molecule has 1 saturated heterocycles. The molecule has 0 saturated carbocycles. The van der Waals surface area contributed by atoms with Gasteiger partial charge < -0.3 is 15.0 Å². The lowest BCUT2D eigenvalue weighted by Gasteiger charge is -2.23. The SMILES string of the molecule is N#Cc1c(Cl)nsc1NCC[NH+]1CCOCC1. The molecule has 0 aromatic carbocycles. The zero-order valence-electron chi connectivity index (χ0n) is 9.33. The monoisotopic (exact) mass is 273 g/mol. The van der Waals surface area contributed by atoms with Crippen molar-refractivity contribution in [2.24, 2.45) is 0 Å². The number of rotatable bonds is 4. The molecule has 2 heterocycles. The van der Waals surface area contributed by atoms with Crippen molar-refractivity contribution in [2.75, 3.05) is 44.7 Å². The number of nitriles is 1. The van der Waals surface area contributed by atoms with Crippen LogP contribution < -0.4 is 10.2 Å². The lowest BCUT2D eigenvalue weighted by molar-refractivity contribution is -0.906. The fraction of sp³-hybridized carbons (Fsp3) is 0.600. The smallest absolute Gasteiger partial charge is 0.162 e. The average Bonchev–Trinajstić information content (AvgIpc) is 2.71. The Morgan fingerprint density at radius 3 is 3.00 bits per heavy atom. The molecule has 0 amide bonds. The minimum absolute atomic E-state index is 0.290. The second-order valence-electron chi connectivity index (χ2n) is 3.83. The molecule has 0 unspecified atom stereocenters. The summed E-state index contributed by atoms with van der Waals surface area (Å²) in [6.07, 6.45) is 0. The molecule has 1 aromatic heterocycles. The average molecular weight is 274 g/mol. The number of aromatic nitrogens is 1. The molecule has 7 heteroatoms. The maximum absolute atomic E-state index is 8.91. The molecule has 92 valence electrons. The maximum Gasteiger partial charge on any atom is 0.162 e. The Labute approximate surface area is 109 Å². The summed E-state index contributed by atoms with van der Waals surface area (Å²) < 4.78 is 9.24. The number of ether oxygens (including phenoxy) is 1. The first-order valence-corrected chi connectivity index (χ1v) is 6.67. The summed E-state index contributed by atoms with van der Waals surface area (Å²) in [5.41, 5.74) is 0.452. The van der Waals surface area contributed by atoms with E-state index in [1.165, 1.54) is 16.4 Å². The molecule has 0 spiro atoms. The Hall–Kier alpha value is -0.870. The molecular weight excluding hydrogens is 260 g/mol. The van der Waals surface area contributed by atoms with Crippen LogP contribution in [0.4, 0.5) is 5.00 Å². The minimum atomic E-state index is 0.290. The van der Waals surface area contributed by atoms with Gasteiger partial charge in [-0.15, -0.1) is 0 Å². The van der Waals surface area contributed by atoms with Crippen LogP contribution in [0.15, 0.2) is 0 Å². The van der Waals surface area contributed by atoms with Crippen LogP contribution in [0, 0.1) is 11.3 Å². The van der Waals surface area contributed by atoms with Gasteiger partial charge in [-0.25, -0.2) is 0 Å². The van der Waals surface area contributed by atoms with Crippen LogP contribution in [-0.4, -0.2) is 43.8 Å². The van der Waals surface area contributed by atoms with E-state index in [0.717, 1.165) is 44.4 Å². The molecule has 17 heavy (non-hydrogen) atoms. The lowest BCUT2D eigenvalue weighted by Crippen LogP contribution is -3.14. The van der Waals surface area contributed by atoms with Gasteiger partial charge >= 0.3 is 0 Å². The van der Waals surface area contributed by atoms with Crippen molar-refractivity contribution < 1.29 is 9.64 Å². The molecule has 2 N–H and O–H groups in total. The van der Waals surface area contributed by atoms with Gasteiger partial charge in [0.05, 0.1) is 26.3 Å². The van der Waals surface area contributed by atoms with E-state index in [0.29, 0.717) is 10.7 Å². The van der Waals surface area contributed by atoms with Gasteiger partial charge in [0, 0.05) is 0 Å². The highest BCUT2D eigenvalue weighted by Gasteiger charge is 2.15. The highest BCUT2D eigenvalue weighted by Crippen LogP contribution is 2.26. The predicted molar refractivity (Wildman–Crippen MR) is 66.7 cm³/mol. The van der Waals surface area contributed by atoms with Crippen LogP contribution in [0.3, 0.4) is 0 Å². The Morgan fingerprint density at radius 1 is 1.53 bits per heavy atom. The Bertz CT molecular complexity index is 411. The summed E-state index contributed by atoms with van der Waals surface area (Å²) in [7, 11) is 0. The third-order valence-corrected chi connectivity index (χ3v) is 3.90. The van der Waals surface area contributed by atoms with Crippen molar-refractivity contribution in [1.29, 1.82) is 5.26 Å². The van der Waals surface area contributed by atoms with Crippen molar-refractivity contribution in [3.63, 3.8) is 0 Å². The number of morpholine rings is 1. The Morgan fingerprint density at radius 2 is 2.29 bits per heavy atom. The molecule has 1 aliphatic heterocycles. The number of nitrogens with one attached hydrogen (secondary N) is 2. The number of anilines is 1. The topological polar surface area (TPSA) is 62.4 Å². The Balaban J connectivity index is 1.79. The van der Waals surface area contributed by atoms with Crippen LogP contribution in [-0.2, 0) is 4.74 Å². The number of hydrogen-bond donors (Lipinski definition) is 2. The summed E-state index contributed by atoms with van der Waals surface area (Å²) >= 11 is 7.03. The largest absolute Gasteiger partial charge is 0.370 e. The van der Waals surface area contributed by atoms with Gasteiger partial charge in [-0.2, -0.15) is 9.64 Å². The highest BCUT2D eigenvalue weighted by molar-refractivity contribution is 7.10. The van der Waals surface area contributed by atoms with E-state index in [1.54, 1.807) is 0 Å². The summed E-state index contributed by atoms with van der Waals surface area (Å²) in [5.74, 6) is 0. The van der Waals surface area contributed by atoms with Gasteiger partial charge in [-0.1, -0.05) is 11.6 Å². The third kappa shape index (κ3) is 3.30. The fourth-order valence-electron chi connectivity index (χ4n) is 1.75. The molecule has 0 atom stereocenters. The third-order valence-electron chi connectivity index (χ3n) is 2.73. The zero-order chi connectivity index (χ0) is 12.1. The quantitative estimate of drug-likeness (QED) is 0.810. The fourth-order valence-corrected chi connectivity index (χ4v) is 2.71. The summed E-state index contributed by atoms with van der Waals surface area (Å²) in [5, 5.41) is 13.2. The molecule has 1 aromatic rings. The van der Waals surface area contributed by atoms with Gasteiger partial charge in [0.25, 0.3) is 0 Å². The molecule has 5 nitrogen and oxygen atoms in total. The zero-order valence-corrected chi connectivity index (χ0v) is 10.9. The van der Waals surface area contributed by atoms with E-state index in [1.807, 2.05) is 0 Å². The Kier molecular flexibility index (Phi) is 4.57. The molecule has 2 rings (SSSR count). The molecule has 0 aliphatic carbocycles. The van der Waals surface area contributed by atoms with Gasteiger partial charge in [-0.3, -0.25) is 0 Å². The standard InChI is InChI=1S/C10H13ClN4OS/c11-9-8(7-12)10(17-14-9)13-1-2-15-3-5-16-6-4-15/h13H,1-6H2/p+1. The van der Waals surface area contributed by atoms with Crippen molar-refractivity contribution >= 4 is 28.1 Å². The van der Waals surface area contributed by atoms with Crippen LogP contribution in [0.2, 0.25) is 5.15 Å². The van der Waals surface area contributed by atoms with Crippen LogP contribution >= 0.6 is 23.1 Å². The van der Waals surface area contributed by atoms with Crippen molar-refractivity contribution in [1.82, 2.24) is 4.37 Å². The number of nitrogens with zero attached hydrogens (tertiary/aromatic N) is 2. The summed E-state index contributed by atoms with van der Waals surface area (Å²) in [6, 6.07) is 2.06. The summed E-state index contributed by atoms with van der Waals surface area (Å²) in [6.45, 7) is 5.62. The normalized spacial score (nSPS) is 16.7. The van der Waals surface area contributed by atoms with E-state index in [-0.39, 0.29) is 0 Å². The second-order valence-corrected chi connectivity index (χ2v) is 4.96. The maximum atomic E-state index is 8.91. The second kappa shape index (κ2) is 6.17. The van der Waals surface area contributed by atoms with E-state index >= 15 is 0 Å². The summed E-state index contributed by atoms with van der Waals surface area (Å²) in [4.78, 5) is 1.53. The lowest BCUT2D eigenvalue weighted by atomic mass is 10.3. The minimum Gasteiger partial charge on any atom is -0.370 e. The van der Waals surface area contributed by atoms with Gasteiger partial charge in [0.1, 0.15) is 29.7 Å². The first-order chi connectivity index (χ1) is 8.31. The van der Waals surface area contributed by atoms with E-state index < -0.39 is 0 Å². The van der Waals surface area contributed by atoms with E-state index in [4.69, 9.17) is 21.6 Å². The van der Waals surface area contributed by atoms with E-state index in [9.17, 15) is 0 Å². The van der Waals surface area contributed by atoms with Crippen molar-refractivity contribution in [3.8, 4) is 6.07 Å². The molecule has 1 fully saturated rings. The van der Waals surface area contributed by atoms with Crippen LogP contribution in [0.5, 0.6) is 0 Å². The number of halogens is 1. The molecule has 0 radical (unpaired) electrons. The predicted octanol–water partition coefficient (Wildman–Crippen LogP) is -0.00482. The number of hydrogen-bond acceptors (Lipinski definition) is 5. The van der Waals surface area contributed by atoms with E-state index in [2.05, 4.69) is 15.8 Å². The number of quaternary nitrogens is 1. The van der Waals surface area contributed by atoms with Crippen LogP contribution in [0.25, 0.3) is 0 Å². The van der Waals surface area contributed by atoms with Crippen LogP contribution in [0.1, 0.15) is 5.56 Å². The van der Waals surface area contributed by atoms with Crippen molar-refractivity contribution in [3.05, 3.63) is 10.7 Å². The molecular formula is C10H14ClN4OS+.